The quantitative estimate of drug-likeness (QED) is 0.810. The maximum absolute atomic E-state index is 11.6. The summed E-state index contributed by atoms with van der Waals surface area (Å²) < 4.78 is 0. The Kier molecular flexibility index (Phi) is 3.79. The highest BCUT2D eigenvalue weighted by Gasteiger charge is 2.39. The lowest BCUT2D eigenvalue weighted by Gasteiger charge is -2.13. The van der Waals surface area contributed by atoms with Crippen molar-refractivity contribution in [1.29, 1.82) is 0 Å². The molecule has 1 aliphatic rings. The van der Waals surface area contributed by atoms with Crippen LogP contribution in [0, 0.1) is 0 Å². The Bertz CT molecular complexity index is 377. The maximum atomic E-state index is 11.6. The van der Waals surface area contributed by atoms with Crippen LogP contribution in [0.25, 0.3) is 0 Å². The van der Waals surface area contributed by atoms with Gasteiger partial charge in [0, 0.05) is 18.5 Å². The fraction of sp³-hybridized carbons (Fsp3) is 0.500. The van der Waals surface area contributed by atoms with Crippen LogP contribution in [0.2, 0.25) is 0 Å². The van der Waals surface area contributed by atoms with Crippen LogP contribution in [0.3, 0.4) is 0 Å². The van der Waals surface area contributed by atoms with E-state index in [1.54, 1.807) is 0 Å². The second-order valence-electron chi connectivity index (χ2n) is 4.64. The molecule has 0 aromatic heterocycles. The van der Waals surface area contributed by atoms with E-state index in [0.29, 0.717) is 18.5 Å². The number of rotatable bonds is 5. The molecule has 1 aromatic rings. The lowest BCUT2D eigenvalue weighted by atomic mass is 10.1. The molecule has 1 fully saturated rings. The van der Waals surface area contributed by atoms with Gasteiger partial charge in [0.25, 0.3) is 0 Å². The van der Waals surface area contributed by atoms with E-state index in [-0.39, 0.29) is 11.9 Å². The van der Waals surface area contributed by atoms with Crippen LogP contribution in [0.15, 0.2) is 30.3 Å². The monoisotopic (exact) mass is 232 g/mol. The van der Waals surface area contributed by atoms with Gasteiger partial charge in [-0.1, -0.05) is 30.3 Å². The average molecular weight is 232 g/mol. The molecule has 3 atom stereocenters. The molecule has 2 rings (SSSR count). The van der Waals surface area contributed by atoms with Crippen molar-refractivity contribution in [3.8, 4) is 0 Å². The highest BCUT2D eigenvalue weighted by molar-refractivity contribution is 5.81. The van der Waals surface area contributed by atoms with Gasteiger partial charge in [-0.15, -0.1) is 0 Å². The second-order valence-corrected chi connectivity index (χ2v) is 4.64. The molecule has 0 radical (unpaired) electrons. The molecule has 1 aliphatic carbocycles. The Morgan fingerprint density at radius 3 is 2.76 bits per heavy atom. The summed E-state index contributed by atoms with van der Waals surface area (Å²) in [5.74, 6) is 0.666. The molecule has 3 nitrogen and oxygen atoms in total. The minimum absolute atomic E-state index is 0.0891. The number of benzene rings is 1. The number of carbonyl (C=O) groups excluding carboxylic acids is 1. The molecule has 0 saturated heterocycles. The van der Waals surface area contributed by atoms with Gasteiger partial charge in [0.2, 0.25) is 5.91 Å². The molecule has 0 aliphatic heterocycles. The van der Waals surface area contributed by atoms with Crippen molar-refractivity contribution in [2.24, 2.45) is 0 Å². The predicted molar refractivity (Wildman–Crippen MR) is 68.9 cm³/mol. The Morgan fingerprint density at radius 1 is 1.41 bits per heavy atom. The Labute approximate surface area is 103 Å². The van der Waals surface area contributed by atoms with E-state index in [0.717, 1.165) is 6.42 Å². The first-order chi connectivity index (χ1) is 8.22. The molecule has 1 aromatic carbocycles. The molecule has 92 valence electrons. The predicted octanol–water partition coefficient (Wildman–Crippen LogP) is 1.66. The van der Waals surface area contributed by atoms with Gasteiger partial charge in [-0.2, -0.15) is 0 Å². The van der Waals surface area contributed by atoms with Gasteiger partial charge in [0.15, 0.2) is 0 Å². The summed E-state index contributed by atoms with van der Waals surface area (Å²) in [6, 6.07) is 10.8. The van der Waals surface area contributed by atoms with Crippen molar-refractivity contribution >= 4 is 5.91 Å². The van der Waals surface area contributed by atoms with Crippen LogP contribution in [-0.4, -0.2) is 24.5 Å². The molecule has 17 heavy (non-hydrogen) atoms. The van der Waals surface area contributed by atoms with E-state index in [4.69, 9.17) is 0 Å². The zero-order valence-electron chi connectivity index (χ0n) is 10.4. The molecular formula is C14H20N2O. The summed E-state index contributed by atoms with van der Waals surface area (Å²) in [5, 5.41) is 6.21. The molecule has 1 saturated carbocycles. The average Bonchev–Trinajstić information content (AvgIpc) is 3.10. The third kappa shape index (κ3) is 3.07. The van der Waals surface area contributed by atoms with E-state index < -0.39 is 0 Å². The van der Waals surface area contributed by atoms with Gasteiger partial charge in [0.1, 0.15) is 0 Å². The Hall–Kier alpha value is -1.35. The Balaban J connectivity index is 1.82. The summed E-state index contributed by atoms with van der Waals surface area (Å²) in [6.07, 6.45) is 1.13. The fourth-order valence-electron chi connectivity index (χ4n) is 2.17. The van der Waals surface area contributed by atoms with Crippen LogP contribution in [0.4, 0.5) is 0 Å². The highest BCUT2D eigenvalue weighted by Crippen LogP contribution is 2.40. The molecule has 2 N–H and O–H groups in total. The van der Waals surface area contributed by atoms with Gasteiger partial charge in [0.05, 0.1) is 6.04 Å². The lowest BCUT2D eigenvalue weighted by Crippen LogP contribution is -2.43. The zero-order chi connectivity index (χ0) is 12.3. The number of carbonyl (C=O) groups is 1. The molecule has 3 heteroatoms. The van der Waals surface area contributed by atoms with E-state index in [2.05, 4.69) is 34.9 Å². The number of amides is 1. The third-order valence-electron chi connectivity index (χ3n) is 3.23. The molecule has 0 bridgehead atoms. The van der Waals surface area contributed by atoms with Gasteiger partial charge < -0.3 is 10.6 Å². The smallest absolute Gasteiger partial charge is 0.236 e. The van der Waals surface area contributed by atoms with Crippen LogP contribution >= 0.6 is 0 Å². The minimum atomic E-state index is -0.103. The van der Waals surface area contributed by atoms with Gasteiger partial charge in [-0.25, -0.2) is 0 Å². The van der Waals surface area contributed by atoms with Crippen LogP contribution < -0.4 is 10.6 Å². The summed E-state index contributed by atoms with van der Waals surface area (Å²) in [7, 11) is 0. The second kappa shape index (κ2) is 5.32. The van der Waals surface area contributed by atoms with Crippen LogP contribution in [-0.2, 0) is 4.79 Å². The molecule has 3 unspecified atom stereocenters. The summed E-state index contributed by atoms with van der Waals surface area (Å²) in [6.45, 7) is 4.55. The Morgan fingerprint density at radius 2 is 2.12 bits per heavy atom. The largest absolute Gasteiger partial charge is 0.355 e. The number of nitrogens with one attached hydrogen (secondary N) is 2. The van der Waals surface area contributed by atoms with Crippen molar-refractivity contribution in [2.75, 3.05) is 6.54 Å². The summed E-state index contributed by atoms with van der Waals surface area (Å²) >= 11 is 0. The van der Waals surface area contributed by atoms with Crippen LogP contribution in [0.5, 0.6) is 0 Å². The highest BCUT2D eigenvalue weighted by atomic mass is 16.2. The summed E-state index contributed by atoms with van der Waals surface area (Å²) in [4.78, 5) is 11.6. The standard InChI is InChI=1S/C14H20N2O/c1-3-15-14(17)10(2)16-13-9-12(13)11-7-5-4-6-8-11/h4-8,10,12-13,16H,3,9H2,1-2H3,(H,15,17). The molecule has 0 heterocycles. The fourth-order valence-corrected chi connectivity index (χ4v) is 2.17. The van der Waals surface area contributed by atoms with Crippen LogP contribution in [0.1, 0.15) is 31.7 Å². The van der Waals surface area contributed by atoms with Crippen molar-refractivity contribution < 1.29 is 4.79 Å². The maximum Gasteiger partial charge on any atom is 0.236 e. The lowest BCUT2D eigenvalue weighted by molar-refractivity contribution is -0.122. The van der Waals surface area contributed by atoms with Crippen molar-refractivity contribution in [3.63, 3.8) is 0 Å². The summed E-state index contributed by atoms with van der Waals surface area (Å²) in [5.41, 5.74) is 1.37. The van der Waals surface area contributed by atoms with E-state index in [1.165, 1.54) is 5.56 Å². The van der Waals surface area contributed by atoms with E-state index in [1.807, 2.05) is 19.9 Å². The van der Waals surface area contributed by atoms with Gasteiger partial charge in [-0.3, -0.25) is 4.79 Å². The SMILES string of the molecule is CCNC(=O)C(C)NC1CC1c1ccccc1. The third-order valence-corrected chi connectivity index (χ3v) is 3.23. The van der Waals surface area contributed by atoms with Gasteiger partial charge >= 0.3 is 0 Å². The number of likely N-dealkylation sites (N-methyl/N-ethyl adjacent to an activating group) is 1. The first-order valence-electron chi connectivity index (χ1n) is 6.31. The molecule has 1 amide bonds. The van der Waals surface area contributed by atoms with Gasteiger partial charge in [-0.05, 0) is 25.8 Å². The van der Waals surface area contributed by atoms with E-state index in [9.17, 15) is 4.79 Å². The normalized spacial score (nSPS) is 24.1. The first-order valence-corrected chi connectivity index (χ1v) is 6.31. The molecule has 0 spiro atoms. The minimum Gasteiger partial charge on any atom is -0.355 e. The van der Waals surface area contributed by atoms with Crippen molar-refractivity contribution in [2.45, 2.75) is 38.3 Å². The number of hydrogen-bond acceptors (Lipinski definition) is 2. The zero-order valence-corrected chi connectivity index (χ0v) is 10.4. The molecular weight excluding hydrogens is 212 g/mol. The topological polar surface area (TPSA) is 41.1 Å². The number of hydrogen-bond donors (Lipinski definition) is 2. The van der Waals surface area contributed by atoms with E-state index >= 15 is 0 Å². The first kappa shape index (κ1) is 12.1. The van der Waals surface area contributed by atoms with Crippen molar-refractivity contribution in [3.05, 3.63) is 35.9 Å². The van der Waals surface area contributed by atoms with Crippen molar-refractivity contribution in [1.82, 2.24) is 10.6 Å².